The summed E-state index contributed by atoms with van der Waals surface area (Å²) in [6, 6.07) is 5.33. The number of nitrogens with one attached hydrogen (secondary N) is 1. The highest BCUT2D eigenvalue weighted by Crippen LogP contribution is 2.32. The van der Waals surface area contributed by atoms with Crippen molar-refractivity contribution in [3.63, 3.8) is 0 Å². The van der Waals surface area contributed by atoms with E-state index in [1.807, 2.05) is 0 Å². The predicted octanol–water partition coefficient (Wildman–Crippen LogP) is 1.59. The quantitative estimate of drug-likeness (QED) is 0.745. The van der Waals surface area contributed by atoms with E-state index in [-0.39, 0.29) is 6.04 Å². The van der Waals surface area contributed by atoms with Crippen molar-refractivity contribution in [1.82, 2.24) is 0 Å². The van der Waals surface area contributed by atoms with Crippen molar-refractivity contribution in [1.29, 1.82) is 0 Å². The Labute approximate surface area is 105 Å². The number of carbonyl (C=O) groups excluding carboxylic acids is 1. The molecule has 1 fully saturated rings. The van der Waals surface area contributed by atoms with Gasteiger partial charge in [0.25, 0.3) is 5.91 Å². The van der Waals surface area contributed by atoms with E-state index in [2.05, 4.69) is 5.32 Å². The molecule has 1 saturated carbocycles. The van der Waals surface area contributed by atoms with Gasteiger partial charge in [-0.05, 0) is 30.9 Å². The molecule has 0 aliphatic heterocycles. The van der Waals surface area contributed by atoms with Gasteiger partial charge >= 0.3 is 0 Å². The van der Waals surface area contributed by atoms with Crippen molar-refractivity contribution in [2.75, 3.05) is 11.9 Å². The molecule has 4 nitrogen and oxygen atoms in total. The predicted molar refractivity (Wildman–Crippen MR) is 69.2 cm³/mol. The Balaban J connectivity index is 2.08. The SMILES string of the molecule is NC(=O)c1c(Cl)cccc1NCC(N)C1CC1. The first kappa shape index (κ1) is 12.2. The summed E-state index contributed by atoms with van der Waals surface area (Å²) < 4.78 is 0. The zero-order valence-electron chi connectivity index (χ0n) is 9.45. The van der Waals surface area contributed by atoms with Crippen LogP contribution in [0.15, 0.2) is 18.2 Å². The van der Waals surface area contributed by atoms with Gasteiger partial charge in [-0.1, -0.05) is 17.7 Å². The van der Waals surface area contributed by atoms with E-state index in [4.69, 9.17) is 23.1 Å². The van der Waals surface area contributed by atoms with E-state index < -0.39 is 5.91 Å². The number of hydrogen-bond acceptors (Lipinski definition) is 3. The lowest BCUT2D eigenvalue weighted by molar-refractivity contribution is 0.100. The molecule has 17 heavy (non-hydrogen) atoms. The second-order valence-corrected chi connectivity index (χ2v) is 4.82. The fraction of sp³-hybridized carbons (Fsp3) is 0.417. The first-order chi connectivity index (χ1) is 8.09. The van der Waals surface area contributed by atoms with Gasteiger partial charge < -0.3 is 16.8 Å². The van der Waals surface area contributed by atoms with Gasteiger partial charge in [-0.25, -0.2) is 0 Å². The minimum Gasteiger partial charge on any atom is -0.383 e. The van der Waals surface area contributed by atoms with Crippen LogP contribution in [0, 0.1) is 5.92 Å². The van der Waals surface area contributed by atoms with Crippen molar-refractivity contribution >= 4 is 23.2 Å². The molecule has 5 heteroatoms. The first-order valence-corrected chi connectivity index (χ1v) is 6.05. The maximum atomic E-state index is 11.3. The van der Waals surface area contributed by atoms with Crippen molar-refractivity contribution < 1.29 is 4.79 Å². The molecule has 0 saturated heterocycles. The van der Waals surface area contributed by atoms with Crippen molar-refractivity contribution in [3.8, 4) is 0 Å². The monoisotopic (exact) mass is 253 g/mol. The molecule has 1 aliphatic rings. The Bertz CT molecular complexity index is 432. The topological polar surface area (TPSA) is 81.1 Å². The molecule has 0 spiro atoms. The molecular weight excluding hydrogens is 238 g/mol. The second-order valence-electron chi connectivity index (χ2n) is 4.41. The van der Waals surface area contributed by atoms with Crippen LogP contribution in [0.1, 0.15) is 23.2 Å². The minimum atomic E-state index is -0.530. The highest BCUT2D eigenvalue weighted by Gasteiger charge is 2.28. The van der Waals surface area contributed by atoms with Crippen LogP contribution < -0.4 is 16.8 Å². The van der Waals surface area contributed by atoms with E-state index in [1.165, 1.54) is 12.8 Å². The average molecular weight is 254 g/mol. The molecule has 0 radical (unpaired) electrons. The second kappa shape index (κ2) is 4.94. The zero-order valence-corrected chi connectivity index (χ0v) is 10.2. The third-order valence-corrected chi connectivity index (χ3v) is 3.33. The van der Waals surface area contributed by atoms with E-state index in [0.717, 1.165) is 0 Å². The Morgan fingerprint density at radius 2 is 2.24 bits per heavy atom. The average Bonchev–Trinajstić information content (AvgIpc) is 3.08. The molecule has 0 aromatic heterocycles. The van der Waals surface area contributed by atoms with Gasteiger partial charge in [0, 0.05) is 18.3 Å². The van der Waals surface area contributed by atoms with E-state index >= 15 is 0 Å². The summed E-state index contributed by atoms with van der Waals surface area (Å²) in [6.07, 6.45) is 2.39. The van der Waals surface area contributed by atoms with Crippen LogP contribution in [0.3, 0.4) is 0 Å². The number of benzene rings is 1. The maximum absolute atomic E-state index is 11.3. The van der Waals surface area contributed by atoms with Gasteiger partial charge in [-0.2, -0.15) is 0 Å². The fourth-order valence-corrected chi connectivity index (χ4v) is 2.11. The molecule has 2 rings (SSSR count). The van der Waals surface area contributed by atoms with Crippen molar-refractivity contribution in [2.45, 2.75) is 18.9 Å². The number of halogens is 1. The number of primary amides is 1. The van der Waals surface area contributed by atoms with Gasteiger partial charge in [-0.3, -0.25) is 4.79 Å². The number of nitrogens with two attached hydrogens (primary N) is 2. The molecular formula is C12H16ClN3O. The highest BCUT2D eigenvalue weighted by molar-refractivity contribution is 6.34. The molecule has 1 atom stereocenters. The molecule has 5 N–H and O–H groups in total. The number of rotatable bonds is 5. The largest absolute Gasteiger partial charge is 0.383 e. The Hall–Kier alpha value is -1.26. The smallest absolute Gasteiger partial charge is 0.252 e. The van der Waals surface area contributed by atoms with Crippen LogP contribution in [-0.4, -0.2) is 18.5 Å². The summed E-state index contributed by atoms with van der Waals surface area (Å²) >= 11 is 5.94. The maximum Gasteiger partial charge on any atom is 0.252 e. The van der Waals surface area contributed by atoms with Gasteiger partial charge in [-0.15, -0.1) is 0 Å². The number of carbonyl (C=O) groups is 1. The van der Waals surface area contributed by atoms with Gasteiger partial charge in [0.05, 0.1) is 10.6 Å². The molecule has 92 valence electrons. The van der Waals surface area contributed by atoms with Gasteiger partial charge in [0.2, 0.25) is 0 Å². The molecule has 1 aliphatic carbocycles. The lowest BCUT2D eigenvalue weighted by atomic mass is 10.1. The molecule has 1 amide bonds. The lowest BCUT2D eigenvalue weighted by Crippen LogP contribution is -2.31. The summed E-state index contributed by atoms with van der Waals surface area (Å²) in [7, 11) is 0. The summed E-state index contributed by atoms with van der Waals surface area (Å²) in [6.45, 7) is 0.630. The standard InChI is InChI=1S/C12H16ClN3O/c13-8-2-1-3-10(11(8)12(15)17)16-6-9(14)7-4-5-7/h1-3,7,9,16H,4-6,14H2,(H2,15,17). The van der Waals surface area contributed by atoms with Crippen LogP contribution in [0.4, 0.5) is 5.69 Å². The molecule has 1 aromatic rings. The summed E-state index contributed by atoms with van der Waals surface area (Å²) in [4.78, 5) is 11.3. The number of anilines is 1. The molecule has 1 unspecified atom stereocenters. The molecule has 0 bridgehead atoms. The Morgan fingerprint density at radius 1 is 1.53 bits per heavy atom. The molecule has 0 heterocycles. The summed E-state index contributed by atoms with van der Waals surface area (Å²) in [5, 5.41) is 3.51. The van der Waals surface area contributed by atoms with E-state index in [9.17, 15) is 4.79 Å². The van der Waals surface area contributed by atoms with Crippen LogP contribution in [0.2, 0.25) is 5.02 Å². The van der Waals surface area contributed by atoms with E-state index in [1.54, 1.807) is 18.2 Å². The third kappa shape index (κ3) is 2.90. The fourth-order valence-electron chi connectivity index (χ4n) is 1.84. The normalized spacial score (nSPS) is 16.6. The summed E-state index contributed by atoms with van der Waals surface area (Å²) in [5.74, 6) is 0.0804. The van der Waals surface area contributed by atoms with Crippen molar-refractivity contribution in [3.05, 3.63) is 28.8 Å². The van der Waals surface area contributed by atoms with Crippen LogP contribution >= 0.6 is 11.6 Å². The summed E-state index contributed by atoms with van der Waals surface area (Å²) in [5.41, 5.74) is 12.3. The Morgan fingerprint density at radius 3 is 2.82 bits per heavy atom. The van der Waals surface area contributed by atoms with Crippen molar-refractivity contribution in [2.24, 2.45) is 17.4 Å². The third-order valence-electron chi connectivity index (χ3n) is 3.02. The molecule has 1 aromatic carbocycles. The van der Waals surface area contributed by atoms with Gasteiger partial charge in [0.15, 0.2) is 0 Å². The van der Waals surface area contributed by atoms with E-state index in [0.29, 0.717) is 28.7 Å². The number of hydrogen-bond donors (Lipinski definition) is 3. The highest BCUT2D eigenvalue weighted by atomic mass is 35.5. The number of amides is 1. The minimum absolute atomic E-state index is 0.120. The van der Waals surface area contributed by atoms with Crippen LogP contribution in [0.5, 0.6) is 0 Å². The van der Waals surface area contributed by atoms with Gasteiger partial charge in [0.1, 0.15) is 0 Å². The first-order valence-electron chi connectivity index (χ1n) is 5.67. The lowest BCUT2D eigenvalue weighted by Gasteiger charge is -2.15. The zero-order chi connectivity index (χ0) is 12.4. The Kier molecular flexibility index (Phi) is 3.54. The van der Waals surface area contributed by atoms with Crippen LogP contribution in [0.25, 0.3) is 0 Å². The van der Waals surface area contributed by atoms with Crippen LogP contribution in [-0.2, 0) is 0 Å².